The highest BCUT2D eigenvalue weighted by Crippen LogP contribution is 2.23. The first-order chi connectivity index (χ1) is 9.54. The second-order valence-corrected chi connectivity index (χ2v) is 8.98. The third-order valence-corrected chi connectivity index (χ3v) is 4.96. The van der Waals surface area contributed by atoms with Gasteiger partial charge < -0.3 is 5.32 Å². The molecule has 0 atom stereocenters. The second kappa shape index (κ2) is 6.90. The molecule has 0 heterocycles. The molecule has 1 aromatic carbocycles. The first-order valence-corrected chi connectivity index (χ1v) is 8.75. The van der Waals surface area contributed by atoms with E-state index in [1.807, 2.05) is 46.8 Å². The highest BCUT2D eigenvalue weighted by Gasteiger charge is 2.27. The zero-order valence-electron chi connectivity index (χ0n) is 14.0. The molecule has 0 bridgehead atoms. The van der Waals surface area contributed by atoms with Gasteiger partial charge in [0.25, 0.3) is 0 Å². The van der Waals surface area contributed by atoms with Crippen LogP contribution in [0, 0.1) is 5.41 Å². The fourth-order valence-electron chi connectivity index (χ4n) is 2.14. The predicted octanol–water partition coefficient (Wildman–Crippen LogP) is 2.85. The highest BCUT2D eigenvalue weighted by atomic mass is 32.2. The Bertz CT molecular complexity index is 560. The Kier molecular flexibility index (Phi) is 5.96. The molecule has 0 aromatic heterocycles. The molecular weight excluding hydrogens is 284 g/mol. The smallest absolute Gasteiger partial charge is 0.243 e. The van der Waals surface area contributed by atoms with E-state index in [4.69, 9.17) is 0 Å². The van der Waals surface area contributed by atoms with E-state index in [0.29, 0.717) is 24.0 Å². The molecular formula is C16H28N2O2S. The minimum absolute atomic E-state index is 0.0764. The summed E-state index contributed by atoms with van der Waals surface area (Å²) in [6, 6.07) is 7.52. The number of hydrogen-bond donors (Lipinski definition) is 1. The topological polar surface area (TPSA) is 49.4 Å². The van der Waals surface area contributed by atoms with Crippen molar-refractivity contribution in [3.63, 3.8) is 0 Å². The van der Waals surface area contributed by atoms with Gasteiger partial charge in [0.05, 0.1) is 4.90 Å². The van der Waals surface area contributed by atoms with Crippen molar-refractivity contribution >= 4 is 10.0 Å². The molecule has 0 amide bonds. The fraction of sp³-hybridized carbons (Fsp3) is 0.625. The first-order valence-electron chi connectivity index (χ1n) is 7.31. The first kappa shape index (κ1) is 18.1. The lowest BCUT2D eigenvalue weighted by Gasteiger charge is -2.27. The van der Waals surface area contributed by atoms with Crippen LogP contribution in [0.3, 0.4) is 0 Å². The van der Waals surface area contributed by atoms with Gasteiger partial charge in [-0.05, 0) is 17.0 Å². The summed E-state index contributed by atoms with van der Waals surface area (Å²) in [4.78, 5) is 0.393. The summed E-state index contributed by atoms with van der Waals surface area (Å²) in [6.07, 6.45) is 0. The lowest BCUT2D eigenvalue weighted by molar-refractivity contribution is 0.310. The maximum absolute atomic E-state index is 12.8. The summed E-state index contributed by atoms with van der Waals surface area (Å²) >= 11 is 0. The summed E-state index contributed by atoms with van der Waals surface area (Å²) in [5.41, 5.74) is 0.736. The van der Waals surface area contributed by atoms with Crippen LogP contribution in [-0.2, 0) is 16.6 Å². The van der Waals surface area contributed by atoms with E-state index < -0.39 is 10.0 Å². The quantitative estimate of drug-likeness (QED) is 0.879. The molecule has 0 radical (unpaired) electrons. The molecule has 4 nitrogen and oxygen atoms in total. The molecule has 21 heavy (non-hydrogen) atoms. The zero-order chi connectivity index (χ0) is 16.3. The minimum atomic E-state index is -3.46. The Hall–Kier alpha value is -0.910. The lowest BCUT2D eigenvalue weighted by Crippen LogP contribution is -2.35. The van der Waals surface area contributed by atoms with Crippen molar-refractivity contribution in [2.45, 2.75) is 52.1 Å². The van der Waals surface area contributed by atoms with Crippen LogP contribution in [0.4, 0.5) is 0 Å². The van der Waals surface area contributed by atoms with E-state index >= 15 is 0 Å². The van der Waals surface area contributed by atoms with Crippen molar-refractivity contribution in [1.29, 1.82) is 0 Å². The summed E-state index contributed by atoms with van der Waals surface area (Å²) in [7, 11) is -1.81. The lowest BCUT2D eigenvalue weighted by atomic mass is 9.97. The summed E-state index contributed by atoms with van der Waals surface area (Å²) < 4.78 is 27.0. The van der Waals surface area contributed by atoms with Crippen LogP contribution in [0.2, 0.25) is 0 Å². The average molecular weight is 312 g/mol. The third-order valence-electron chi connectivity index (χ3n) is 3.06. The van der Waals surface area contributed by atoms with Gasteiger partial charge in [-0.2, -0.15) is 0 Å². The Morgan fingerprint density at radius 1 is 1.19 bits per heavy atom. The van der Waals surface area contributed by atoms with E-state index in [1.165, 1.54) is 4.31 Å². The van der Waals surface area contributed by atoms with E-state index in [0.717, 1.165) is 5.56 Å². The van der Waals surface area contributed by atoms with Crippen LogP contribution in [0.1, 0.15) is 40.2 Å². The highest BCUT2D eigenvalue weighted by molar-refractivity contribution is 7.89. The van der Waals surface area contributed by atoms with Crippen LogP contribution in [-0.4, -0.2) is 32.4 Å². The second-order valence-electron chi connectivity index (χ2n) is 6.97. The number of nitrogens with one attached hydrogen (secondary N) is 1. The van der Waals surface area contributed by atoms with Gasteiger partial charge in [0.1, 0.15) is 0 Å². The van der Waals surface area contributed by atoms with Crippen LogP contribution in [0.5, 0.6) is 0 Å². The molecule has 0 saturated heterocycles. The van der Waals surface area contributed by atoms with Crippen LogP contribution >= 0.6 is 0 Å². The fourth-order valence-corrected chi connectivity index (χ4v) is 3.75. The van der Waals surface area contributed by atoms with Gasteiger partial charge in [0.15, 0.2) is 0 Å². The molecule has 1 rings (SSSR count). The Labute approximate surface area is 129 Å². The Morgan fingerprint density at radius 3 is 2.29 bits per heavy atom. The van der Waals surface area contributed by atoms with Gasteiger partial charge >= 0.3 is 0 Å². The van der Waals surface area contributed by atoms with Crippen molar-refractivity contribution in [3.8, 4) is 0 Å². The van der Waals surface area contributed by atoms with E-state index in [9.17, 15) is 8.42 Å². The normalized spacial score (nSPS) is 13.1. The summed E-state index contributed by atoms with van der Waals surface area (Å²) in [5.74, 6) is 0. The number of nitrogens with zero attached hydrogens (tertiary/aromatic N) is 1. The molecule has 0 saturated carbocycles. The maximum atomic E-state index is 12.8. The largest absolute Gasteiger partial charge is 0.310 e. The van der Waals surface area contributed by atoms with Crippen LogP contribution in [0.15, 0.2) is 29.2 Å². The molecule has 0 aliphatic carbocycles. The number of sulfonamides is 1. The van der Waals surface area contributed by atoms with Crippen molar-refractivity contribution in [1.82, 2.24) is 9.62 Å². The van der Waals surface area contributed by atoms with Gasteiger partial charge in [-0.3, -0.25) is 0 Å². The molecule has 0 unspecified atom stereocenters. The molecule has 0 aliphatic heterocycles. The van der Waals surface area contributed by atoms with Crippen LogP contribution < -0.4 is 5.32 Å². The predicted molar refractivity (Wildman–Crippen MR) is 87.7 cm³/mol. The Morgan fingerprint density at radius 2 is 1.76 bits per heavy atom. The standard InChI is InChI=1S/C16H28N2O2S/c1-13(2)17-11-14-9-7-8-10-15(14)21(19,20)18(6)12-16(3,4)5/h7-10,13,17H,11-12H2,1-6H3. The number of rotatable bonds is 6. The van der Waals surface area contributed by atoms with Gasteiger partial charge in [-0.1, -0.05) is 52.8 Å². The molecule has 1 N–H and O–H groups in total. The maximum Gasteiger partial charge on any atom is 0.243 e. The van der Waals surface area contributed by atoms with E-state index in [2.05, 4.69) is 5.32 Å². The summed E-state index contributed by atoms with van der Waals surface area (Å²) in [6.45, 7) is 11.2. The molecule has 0 spiro atoms. The van der Waals surface area contributed by atoms with Gasteiger partial charge in [-0.25, -0.2) is 12.7 Å². The van der Waals surface area contributed by atoms with Gasteiger partial charge in [-0.15, -0.1) is 0 Å². The van der Waals surface area contributed by atoms with Crippen molar-refractivity contribution in [3.05, 3.63) is 29.8 Å². The monoisotopic (exact) mass is 312 g/mol. The average Bonchev–Trinajstić information content (AvgIpc) is 2.34. The molecule has 1 aromatic rings. The van der Waals surface area contributed by atoms with E-state index in [-0.39, 0.29) is 5.41 Å². The minimum Gasteiger partial charge on any atom is -0.310 e. The Balaban J connectivity index is 3.08. The number of hydrogen-bond acceptors (Lipinski definition) is 3. The summed E-state index contributed by atoms with van der Waals surface area (Å²) in [5, 5.41) is 3.28. The third kappa shape index (κ3) is 5.41. The zero-order valence-corrected chi connectivity index (χ0v) is 14.8. The van der Waals surface area contributed by atoms with Gasteiger partial charge in [0.2, 0.25) is 10.0 Å². The molecule has 5 heteroatoms. The van der Waals surface area contributed by atoms with Crippen molar-refractivity contribution < 1.29 is 8.42 Å². The number of benzene rings is 1. The van der Waals surface area contributed by atoms with Crippen molar-refractivity contribution in [2.24, 2.45) is 5.41 Å². The molecule has 0 fully saturated rings. The van der Waals surface area contributed by atoms with Gasteiger partial charge in [0, 0.05) is 26.2 Å². The van der Waals surface area contributed by atoms with E-state index in [1.54, 1.807) is 19.2 Å². The van der Waals surface area contributed by atoms with Crippen molar-refractivity contribution in [2.75, 3.05) is 13.6 Å². The molecule has 120 valence electrons. The van der Waals surface area contributed by atoms with Crippen LogP contribution in [0.25, 0.3) is 0 Å². The molecule has 0 aliphatic rings. The SMILES string of the molecule is CC(C)NCc1ccccc1S(=O)(=O)N(C)CC(C)(C)C.